The van der Waals surface area contributed by atoms with E-state index in [9.17, 15) is 5.11 Å². The second kappa shape index (κ2) is 6.97. The maximum Gasteiger partial charge on any atom is 0.237 e. The standard InChI is InChI=1S/C12H12N4O3/c1-18-12(19-2)10-5-8(3-4-11(10)17)15-16-9(6-13)7-14/h3-5,12,15,17H,1-2H3. The summed E-state index contributed by atoms with van der Waals surface area (Å²) in [4.78, 5) is 0. The molecule has 19 heavy (non-hydrogen) atoms. The molecule has 0 atom stereocenters. The van der Waals surface area contributed by atoms with Crippen molar-refractivity contribution in [1.29, 1.82) is 10.5 Å². The van der Waals surface area contributed by atoms with E-state index >= 15 is 0 Å². The van der Waals surface area contributed by atoms with E-state index in [-0.39, 0.29) is 11.5 Å². The van der Waals surface area contributed by atoms with Crippen LogP contribution in [0.5, 0.6) is 5.75 Å². The third-order valence-electron chi connectivity index (χ3n) is 2.22. The molecule has 0 amide bonds. The molecule has 7 nitrogen and oxygen atoms in total. The Hall–Kier alpha value is -2.61. The fourth-order valence-corrected chi connectivity index (χ4v) is 1.36. The van der Waals surface area contributed by atoms with Crippen LogP contribution in [0, 0.1) is 22.7 Å². The summed E-state index contributed by atoms with van der Waals surface area (Å²) in [5, 5.41) is 30.4. The SMILES string of the molecule is COC(OC)c1cc(NN=C(C#N)C#N)ccc1O. The quantitative estimate of drug-likeness (QED) is 0.359. The maximum atomic E-state index is 9.71. The Labute approximate surface area is 110 Å². The lowest BCUT2D eigenvalue weighted by molar-refractivity contribution is -0.106. The van der Waals surface area contributed by atoms with Crippen LogP contribution in [0.2, 0.25) is 0 Å². The molecule has 0 aliphatic heterocycles. The largest absolute Gasteiger partial charge is 0.507 e. The Bertz CT molecular complexity index is 537. The average molecular weight is 260 g/mol. The van der Waals surface area contributed by atoms with Gasteiger partial charge < -0.3 is 14.6 Å². The molecule has 0 spiro atoms. The lowest BCUT2D eigenvalue weighted by Crippen LogP contribution is -2.05. The summed E-state index contributed by atoms with van der Waals surface area (Å²) >= 11 is 0. The minimum atomic E-state index is -0.725. The molecule has 2 N–H and O–H groups in total. The van der Waals surface area contributed by atoms with Gasteiger partial charge in [-0.15, -0.1) is 0 Å². The molecular formula is C12H12N4O3. The zero-order valence-electron chi connectivity index (χ0n) is 10.4. The molecule has 7 heteroatoms. The van der Waals surface area contributed by atoms with Crippen molar-refractivity contribution in [3.63, 3.8) is 0 Å². The van der Waals surface area contributed by atoms with Crippen molar-refractivity contribution in [2.24, 2.45) is 5.10 Å². The van der Waals surface area contributed by atoms with Gasteiger partial charge in [0.15, 0.2) is 6.29 Å². The number of methoxy groups -OCH3 is 2. The van der Waals surface area contributed by atoms with Crippen LogP contribution in [0.1, 0.15) is 11.9 Å². The Morgan fingerprint density at radius 1 is 1.32 bits per heavy atom. The van der Waals surface area contributed by atoms with E-state index in [4.69, 9.17) is 20.0 Å². The normalized spacial score (nSPS) is 9.53. The van der Waals surface area contributed by atoms with Crippen LogP contribution in [0.4, 0.5) is 5.69 Å². The molecule has 0 unspecified atom stereocenters. The van der Waals surface area contributed by atoms with Crippen LogP contribution < -0.4 is 5.43 Å². The van der Waals surface area contributed by atoms with E-state index in [0.717, 1.165) is 0 Å². The highest BCUT2D eigenvalue weighted by molar-refractivity contribution is 6.10. The van der Waals surface area contributed by atoms with Crippen molar-refractivity contribution < 1.29 is 14.6 Å². The number of ether oxygens (including phenoxy) is 2. The molecule has 1 rings (SSSR count). The van der Waals surface area contributed by atoms with E-state index in [1.165, 1.54) is 26.4 Å². The average Bonchev–Trinajstić information content (AvgIpc) is 2.44. The second-order valence-corrected chi connectivity index (χ2v) is 3.37. The van der Waals surface area contributed by atoms with E-state index in [2.05, 4.69) is 10.5 Å². The zero-order valence-corrected chi connectivity index (χ0v) is 10.4. The number of hydrazone groups is 1. The van der Waals surface area contributed by atoms with Gasteiger partial charge in [0.25, 0.3) is 0 Å². The van der Waals surface area contributed by atoms with Crippen LogP contribution in [0.15, 0.2) is 23.3 Å². The highest BCUT2D eigenvalue weighted by Crippen LogP contribution is 2.29. The molecule has 0 radical (unpaired) electrons. The van der Waals surface area contributed by atoms with Crippen molar-refractivity contribution in [2.75, 3.05) is 19.6 Å². The van der Waals surface area contributed by atoms with E-state index < -0.39 is 6.29 Å². The van der Waals surface area contributed by atoms with E-state index in [1.54, 1.807) is 18.2 Å². The summed E-state index contributed by atoms with van der Waals surface area (Å²) < 4.78 is 10.1. The van der Waals surface area contributed by atoms with Gasteiger partial charge in [0.2, 0.25) is 5.71 Å². The number of rotatable bonds is 5. The van der Waals surface area contributed by atoms with E-state index in [1.807, 2.05) is 0 Å². The molecule has 1 aromatic rings. The minimum absolute atomic E-state index is 0.00372. The topological polar surface area (TPSA) is 111 Å². The summed E-state index contributed by atoms with van der Waals surface area (Å²) in [6, 6.07) is 7.75. The smallest absolute Gasteiger partial charge is 0.237 e. The first-order chi connectivity index (χ1) is 9.15. The Morgan fingerprint density at radius 2 is 1.95 bits per heavy atom. The van der Waals surface area contributed by atoms with Gasteiger partial charge in [-0.1, -0.05) is 0 Å². The second-order valence-electron chi connectivity index (χ2n) is 3.37. The number of nitrogens with zero attached hydrogens (tertiary/aromatic N) is 3. The van der Waals surface area contributed by atoms with Gasteiger partial charge in [-0.05, 0) is 18.2 Å². The molecule has 0 aliphatic rings. The number of phenolic OH excluding ortho intramolecular Hbond substituents is 1. The summed E-state index contributed by atoms with van der Waals surface area (Å²) in [6.07, 6.45) is -0.725. The molecule has 0 saturated heterocycles. The third-order valence-corrected chi connectivity index (χ3v) is 2.22. The number of benzene rings is 1. The van der Waals surface area contributed by atoms with Crippen LogP contribution in [-0.4, -0.2) is 25.0 Å². The highest BCUT2D eigenvalue weighted by Gasteiger charge is 2.14. The molecule has 0 aliphatic carbocycles. The summed E-state index contributed by atoms with van der Waals surface area (Å²) in [6.45, 7) is 0. The van der Waals surface area contributed by atoms with Gasteiger partial charge in [-0.2, -0.15) is 15.6 Å². The Kier molecular flexibility index (Phi) is 5.30. The first kappa shape index (κ1) is 14.5. The predicted octanol–water partition coefficient (Wildman–Crippen LogP) is 1.50. The van der Waals surface area contributed by atoms with Gasteiger partial charge >= 0.3 is 0 Å². The molecule has 0 aromatic heterocycles. The van der Waals surface area contributed by atoms with Gasteiger partial charge in [-0.3, -0.25) is 5.43 Å². The summed E-state index contributed by atoms with van der Waals surface area (Å²) in [7, 11) is 2.88. The number of hydrogen-bond acceptors (Lipinski definition) is 7. The third kappa shape index (κ3) is 3.68. The van der Waals surface area contributed by atoms with Crippen molar-refractivity contribution in [3.05, 3.63) is 23.8 Å². The summed E-state index contributed by atoms with van der Waals surface area (Å²) in [5.41, 5.74) is 3.12. The molecule has 0 bridgehead atoms. The fraction of sp³-hybridized carbons (Fsp3) is 0.250. The Balaban J connectivity index is 3.01. The molecule has 0 saturated carbocycles. The van der Waals surface area contributed by atoms with Crippen molar-refractivity contribution >= 4 is 11.4 Å². The van der Waals surface area contributed by atoms with E-state index in [0.29, 0.717) is 11.3 Å². The number of anilines is 1. The van der Waals surface area contributed by atoms with Gasteiger partial charge in [0.1, 0.15) is 17.9 Å². The molecule has 0 fully saturated rings. The molecule has 0 heterocycles. The first-order valence-corrected chi connectivity index (χ1v) is 5.18. The van der Waals surface area contributed by atoms with Crippen molar-refractivity contribution in [2.45, 2.75) is 6.29 Å². The van der Waals surface area contributed by atoms with Gasteiger partial charge in [0, 0.05) is 14.2 Å². The number of aromatic hydroxyl groups is 1. The minimum Gasteiger partial charge on any atom is -0.507 e. The maximum absolute atomic E-state index is 9.71. The summed E-state index contributed by atoms with van der Waals surface area (Å²) in [5.74, 6) is 0.00372. The van der Waals surface area contributed by atoms with Crippen molar-refractivity contribution in [1.82, 2.24) is 0 Å². The number of phenols is 1. The first-order valence-electron chi connectivity index (χ1n) is 5.18. The molecular weight excluding hydrogens is 248 g/mol. The monoisotopic (exact) mass is 260 g/mol. The fourth-order valence-electron chi connectivity index (χ4n) is 1.36. The van der Waals surface area contributed by atoms with Crippen molar-refractivity contribution in [3.8, 4) is 17.9 Å². The van der Waals surface area contributed by atoms with Gasteiger partial charge in [0.05, 0.1) is 11.3 Å². The van der Waals surface area contributed by atoms with Gasteiger partial charge in [-0.25, -0.2) is 0 Å². The van der Waals surface area contributed by atoms with Crippen LogP contribution in [0.3, 0.4) is 0 Å². The zero-order chi connectivity index (χ0) is 14.3. The lowest BCUT2D eigenvalue weighted by atomic mass is 10.1. The Morgan fingerprint density at radius 3 is 2.47 bits per heavy atom. The predicted molar refractivity (Wildman–Crippen MR) is 67.1 cm³/mol. The van der Waals surface area contributed by atoms with Crippen LogP contribution in [-0.2, 0) is 9.47 Å². The van der Waals surface area contributed by atoms with Crippen LogP contribution >= 0.6 is 0 Å². The molecule has 1 aromatic carbocycles. The molecule has 98 valence electrons. The highest BCUT2D eigenvalue weighted by atomic mass is 16.7. The number of nitrogens with one attached hydrogen (secondary N) is 1. The lowest BCUT2D eigenvalue weighted by Gasteiger charge is -2.15. The number of hydrogen-bond donors (Lipinski definition) is 2. The van der Waals surface area contributed by atoms with Crippen LogP contribution in [0.25, 0.3) is 0 Å². The number of nitriles is 2.